The minimum atomic E-state index is -0.439. The van der Waals surface area contributed by atoms with E-state index in [1.54, 1.807) is 0 Å². The van der Waals surface area contributed by atoms with Gasteiger partial charge in [0, 0.05) is 43.4 Å². The van der Waals surface area contributed by atoms with Crippen molar-refractivity contribution in [1.82, 2.24) is 4.57 Å². The second-order valence-corrected chi connectivity index (χ2v) is 10.3. The number of nitrogens with zero attached hydrogens (tertiary/aromatic N) is 2. The number of rotatable bonds is 4. The molecule has 4 heteroatoms. The Balaban J connectivity index is 1.70. The Kier molecular flexibility index (Phi) is 5.40. The average molecular weight is 439 g/mol. The Morgan fingerprint density at radius 1 is 1.00 bits per heavy atom. The summed E-state index contributed by atoms with van der Waals surface area (Å²) < 4.78 is 2.06. The van der Waals surface area contributed by atoms with Crippen LogP contribution in [0.2, 0.25) is 0 Å². The van der Waals surface area contributed by atoms with E-state index in [4.69, 9.17) is 4.99 Å². The van der Waals surface area contributed by atoms with Gasteiger partial charge in [-0.3, -0.25) is 14.6 Å². The van der Waals surface area contributed by atoms with Gasteiger partial charge < -0.3 is 4.57 Å². The molecule has 2 aromatic carbocycles. The van der Waals surface area contributed by atoms with Gasteiger partial charge in [-0.05, 0) is 41.2 Å². The zero-order chi connectivity index (χ0) is 23.2. The van der Waals surface area contributed by atoms with E-state index in [9.17, 15) is 9.59 Å². The minimum Gasteiger partial charge on any atom is -0.354 e. The molecule has 1 aliphatic heterocycles. The second kappa shape index (κ2) is 8.26. The van der Waals surface area contributed by atoms with Gasteiger partial charge in [0.05, 0.1) is 17.5 Å². The van der Waals surface area contributed by atoms with Crippen LogP contribution in [0.1, 0.15) is 55.3 Å². The number of carbonyl (C=O) groups excluding carboxylic acids is 2. The maximum atomic E-state index is 14.0. The number of hydrogen-bond acceptors (Lipinski definition) is 3. The lowest BCUT2D eigenvalue weighted by atomic mass is 9.63. The molecule has 0 amide bonds. The summed E-state index contributed by atoms with van der Waals surface area (Å²) in [5.41, 5.74) is 4.55. The maximum absolute atomic E-state index is 14.0. The van der Waals surface area contributed by atoms with Crippen molar-refractivity contribution >= 4 is 23.0 Å². The first-order valence-corrected chi connectivity index (χ1v) is 11.7. The third kappa shape index (κ3) is 3.99. The maximum Gasteiger partial charge on any atom is 0.145 e. The first-order chi connectivity index (χ1) is 15.8. The molecule has 4 nitrogen and oxygen atoms in total. The number of ketones is 2. The largest absolute Gasteiger partial charge is 0.354 e. The molecule has 2 aliphatic rings. The van der Waals surface area contributed by atoms with Gasteiger partial charge in [-0.2, -0.15) is 0 Å². The molecule has 3 aromatic rings. The number of benzene rings is 2. The zero-order valence-corrected chi connectivity index (χ0v) is 19.5. The first-order valence-electron chi connectivity index (χ1n) is 11.7. The molecule has 0 N–H and O–H groups in total. The van der Waals surface area contributed by atoms with Crippen LogP contribution in [0.25, 0.3) is 0 Å². The Morgan fingerprint density at radius 3 is 2.45 bits per heavy atom. The molecule has 1 aliphatic carbocycles. The topological polar surface area (TPSA) is 51.4 Å². The minimum absolute atomic E-state index is 0.131. The van der Waals surface area contributed by atoms with Gasteiger partial charge in [-0.25, -0.2) is 0 Å². The molecule has 1 saturated carbocycles. The number of aromatic nitrogens is 1. The van der Waals surface area contributed by atoms with Gasteiger partial charge in [0.25, 0.3) is 0 Å². The highest BCUT2D eigenvalue weighted by atomic mass is 16.1. The van der Waals surface area contributed by atoms with Crippen molar-refractivity contribution in [2.75, 3.05) is 0 Å². The van der Waals surface area contributed by atoms with Crippen LogP contribution in [0.4, 0.5) is 5.69 Å². The van der Waals surface area contributed by atoms with Crippen molar-refractivity contribution in [2.45, 2.75) is 44.9 Å². The highest BCUT2D eigenvalue weighted by Crippen LogP contribution is 2.51. The standard InChI is InChI=1S/C29H30N2O2/c1-29(2)17-22-27(25(33)18-29)28(23-14-9-15-31(23)3)26(20-12-7-8-13-21(20)30-22)24(32)16-19-10-5-4-6-11-19/h4-15,26-28H,16-18H2,1-3H3. The molecule has 1 aromatic heterocycles. The number of hydrogen-bond donors (Lipinski definition) is 0. The van der Waals surface area contributed by atoms with Crippen LogP contribution in [-0.4, -0.2) is 21.8 Å². The highest BCUT2D eigenvalue weighted by Gasteiger charge is 2.49. The fourth-order valence-corrected chi connectivity index (χ4v) is 5.78. The van der Waals surface area contributed by atoms with Crippen molar-refractivity contribution in [3.63, 3.8) is 0 Å². The Morgan fingerprint density at radius 2 is 1.73 bits per heavy atom. The smallest absolute Gasteiger partial charge is 0.145 e. The van der Waals surface area contributed by atoms with Crippen molar-refractivity contribution in [1.29, 1.82) is 0 Å². The number of fused-ring (bicyclic) bond motifs is 2. The third-order valence-electron chi connectivity index (χ3n) is 7.17. The summed E-state index contributed by atoms with van der Waals surface area (Å²) in [6, 6.07) is 21.9. The predicted molar refractivity (Wildman–Crippen MR) is 131 cm³/mol. The fraction of sp³-hybridized carbons (Fsp3) is 0.345. The fourth-order valence-electron chi connectivity index (χ4n) is 5.78. The van der Waals surface area contributed by atoms with Gasteiger partial charge in [-0.1, -0.05) is 62.4 Å². The number of para-hydroxylation sites is 1. The average Bonchev–Trinajstić information content (AvgIpc) is 3.12. The monoisotopic (exact) mass is 438 g/mol. The van der Waals surface area contributed by atoms with E-state index in [0.29, 0.717) is 12.8 Å². The van der Waals surface area contributed by atoms with Crippen molar-refractivity contribution in [3.8, 4) is 0 Å². The van der Waals surface area contributed by atoms with E-state index in [2.05, 4.69) is 24.5 Å². The molecule has 3 unspecified atom stereocenters. The van der Waals surface area contributed by atoms with Crippen molar-refractivity contribution < 1.29 is 9.59 Å². The quantitative estimate of drug-likeness (QED) is 0.517. The van der Waals surface area contributed by atoms with Gasteiger partial charge >= 0.3 is 0 Å². The lowest BCUT2D eigenvalue weighted by Crippen LogP contribution is -2.43. The molecule has 1 fully saturated rings. The van der Waals surface area contributed by atoms with E-state index in [1.807, 2.05) is 73.9 Å². The molecular formula is C29H30N2O2. The second-order valence-electron chi connectivity index (χ2n) is 10.3. The van der Waals surface area contributed by atoms with Crippen LogP contribution in [-0.2, 0) is 23.1 Å². The molecule has 2 heterocycles. The molecule has 0 radical (unpaired) electrons. The van der Waals surface area contributed by atoms with Crippen molar-refractivity contribution in [3.05, 3.63) is 89.7 Å². The van der Waals surface area contributed by atoms with E-state index < -0.39 is 5.92 Å². The lowest BCUT2D eigenvalue weighted by Gasteiger charge is -2.39. The van der Waals surface area contributed by atoms with Gasteiger partial charge in [-0.15, -0.1) is 0 Å². The number of aryl methyl sites for hydroxylation is 1. The number of aliphatic imine (C=N–C) groups is 1. The number of carbonyl (C=O) groups is 2. The van der Waals surface area contributed by atoms with Gasteiger partial charge in [0.1, 0.15) is 11.6 Å². The van der Waals surface area contributed by atoms with Crippen LogP contribution in [0.15, 0.2) is 77.9 Å². The summed E-state index contributed by atoms with van der Waals surface area (Å²) >= 11 is 0. The molecule has 33 heavy (non-hydrogen) atoms. The summed E-state index contributed by atoms with van der Waals surface area (Å²) in [5, 5.41) is 0. The summed E-state index contributed by atoms with van der Waals surface area (Å²) in [6.07, 6.45) is 3.60. The molecule has 5 rings (SSSR count). The normalized spacial score (nSPS) is 23.8. The van der Waals surface area contributed by atoms with Gasteiger partial charge in [0.15, 0.2) is 0 Å². The van der Waals surface area contributed by atoms with Crippen LogP contribution in [0.3, 0.4) is 0 Å². The summed E-state index contributed by atoms with van der Waals surface area (Å²) in [6.45, 7) is 4.27. The number of Topliss-reactive ketones (excluding diaryl/α,β-unsaturated/α-hetero) is 2. The van der Waals surface area contributed by atoms with E-state index in [0.717, 1.165) is 34.6 Å². The summed E-state index contributed by atoms with van der Waals surface area (Å²) in [5.74, 6) is -0.766. The van der Waals surface area contributed by atoms with Crippen LogP contribution < -0.4 is 0 Å². The van der Waals surface area contributed by atoms with E-state index in [1.165, 1.54) is 0 Å². The predicted octanol–water partition coefficient (Wildman–Crippen LogP) is 5.80. The SMILES string of the molecule is Cn1cccc1C1C2C(=O)CC(C)(C)CC2=Nc2ccccc2C1C(=O)Cc1ccccc1. The van der Waals surface area contributed by atoms with E-state index in [-0.39, 0.29) is 28.8 Å². The first kappa shape index (κ1) is 21.6. The molecule has 0 saturated heterocycles. The Labute approximate surface area is 195 Å². The van der Waals surface area contributed by atoms with Crippen LogP contribution in [0.5, 0.6) is 0 Å². The zero-order valence-electron chi connectivity index (χ0n) is 19.5. The van der Waals surface area contributed by atoms with Gasteiger partial charge in [0.2, 0.25) is 0 Å². The summed E-state index contributed by atoms with van der Waals surface area (Å²) in [4.78, 5) is 32.8. The molecule has 0 spiro atoms. The molecule has 168 valence electrons. The Hall–Kier alpha value is -3.27. The lowest BCUT2D eigenvalue weighted by molar-refractivity contribution is -0.125. The van der Waals surface area contributed by atoms with Crippen molar-refractivity contribution in [2.24, 2.45) is 23.4 Å². The highest BCUT2D eigenvalue weighted by molar-refractivity contribution is 6.11. The Bertz CT molecular complexity index is 1240. The molecule has 0 bridgehead atoms. The van der Waals surface area contributed by atoms with Crippen LogP contribution >= 0.6 is 0 Å². The van der Waals surface area contributed by atoms with E-state index >= 15 is 0 Å². The third-order valence-corrected chi connectivity index (χ3v) is 7.17. The molecule has 3 atom stereocenters. The summed E-state index contributed by atoms with van der Waals surface area (Å²) in [7, 11) is 2.00. The van der Waals surface area contributed by atoms with Crippen LogP contribution in [0, 0.1) is 11.3 Å². The molecular weight excluding hydrogens is 408 g/mol.